The molecule has 0 saturated heterocycles. The fourth-order valence-corrected chi connectivity index (χ4v) is 2.51. The zero-order valence-electron chi connectivity index (χ0n) is 13.4. The largest absolute Gasteiger partial charge is 0.490 e. The molecule has 23 heavy (non-hydrogen) atoms. The quantitative estimate of drug-likeness (QED) is 0.765. The molecule has 2 aromatic carbocycles. The van der Waals surface area contributed by atoms with Crippen LogP contribution in [0.15, 0.2) is 36.4 Å². The number of ether oxygens (including phenoxy) is 2. The summed E-state index contributed by atoms with van der Waals surface area (Å²) in [7, 11) is 0. The standard InChI is InChI=1S/C18H21ClFNO2/c1-3-22-17-10-14(9-16(19)18(17)23-4-2)12-21-11-13-5-7-15(20)8-6-13/h5-10,21H,3-4,11-12H2,1-2H3. The fourth-order valence-electron chi connectivity index (χ4n) is 2.22. The van der Waals surface area contributed by atoms with Crippen LogP contribution in [0.2, 0.25) is 5.02 Å². The highest BCUT2D eigenvalue weighted by molar-refractivity contribution is 6.32. The van der Waals surface area contributed by atoms with E-state index in [-0.39, 0.29) is 5.82 Å². The van der Waals surface area contributed by atoms with Crippen molar-refractivity contribution in [3.63, 3.8) is 0 Å². The second kappa shape index (κ2) is 8.75. The molecule has 0 heterocycles. The number of hydrogen-bond acceptors (Lipinski definition) is 3. The van der Waals surface area contributed by atoms with Crippen molar-refractivity contribution in [2.24, 2.45) is 0 Å². The Labute approximate surface area is 141 Å². The molecule has 3 nitrogen and oxygen atoms in total. The Morgan fingerprint density at radius 3 is 2.26 bits per heavy atom. The zero-order chi connectivity index (χ0) is 16.7. The molecule has 0 aliphatic rings. The predicted octanol–water partition coefficient (Wildman–Crippen LogP) is 4.57. The number of nitrogens with one attached hydrogen (secondary N) is 1. The Morgan fingerprint density at radius 2 is 1.61 bits per heavy atom. The molecule has 0 aromatic heterocycles. The molecule has 5 heteroatoms. The van der Waals surface area contributed by atoms with Crippen molar-refractivity contribution >= 4 is 11.6 Å². The molecule has 0 aliphatic carbocycles. The summed E-state index contributed by atoms with van der Waals surface area (Å²) in [6, 6.07) is 10.2. The van der Waals surface area contributed by atoms with Gasteiger partial charge in [-0.2, -0.15) is 0 Å². The average molecular weight is 338 g/mol. The van der Waals surface area contributed by atoms with Gasteiger partial charge in [-0.25, -0.2) is 4.39 Å². The van der Waals surface area contributed by atoms with Crippen molar-refractivity contribution in [3.8, 4) is 11.5 Å². The van der Waals surface area contributed by atoms with Gasteiger partial charge in [0.15, 0.2) is 11.5 Å². The highest BCUT2D eigenvalue weighted by Gasteiger charge is 2.12. The summed E-state index contributed by atoms with van der Waals surface area (Å²) in [5.41, 5.74) is 2.03. The summed E-state index contributed by atoms with van der Waals surface area (Å²) in [4.78, 5) is 0. The Morgan fingerprint density at radius 1 is 0.957 bits per heavy atom. The van der Waals surface area contributed by atoms with Gasteiger partial charge in [0.1, 0.15) is 5.82 Å². The molecule has 2 rings (SSSR count). The Kier molecular flexibility index (Phi) is 6.68. The van der Waals surface area contributed by atoms with Crippen LogP contribution in [0.5, 0.6) is 11.5 Å². The first-order valence-electron chi connectivity index (χ1n) is 7.67. The van der Waals surface area contributed by atoms with E-state index in [2.05, 4.69) is 5.32 Å². The van der Waals surface area contributed by atoms with Crippen LogP contribution in [0.3, 0.4) is 0 Å². The molecular formula is C18H21ClFNO2. The third kappa shape index (κ3) is 5.12. The van der Waals surface area contributed by atoms with Gasteiger partial charge in [-0.05, 0) is 49.2 Å². The van der Waals surface area contributed by atoms with E-state index in [1.165, 1.54) is 12.1 Å². The number of benzene rings is 2. The second-order valence-electron chi connectivity index (χ2n) is 5.00. The van der Waals surface area contributed by atoms with E-state index in [0.29, 0.717) is 42.8 Å². The Bertz CT molecular complexity index is 632. The normalized spacial score (nSPS) is 10.6. The van der Waals surface area contributed by atoms with E-state index >= 15 is 0 Å². The molecule has 0 bridgehead atoms. The van der Waals surface area contributed by atoms with Gasteiger partial charge in [0.25, 0.3) is 0 Å². The monoisotopic (exact) mass is 337 g/mol. The van der Waals surface area contributed by atoms with Crippen molar-refractivity contribution < 1.29 is 13.9 Å². The van der Waals surface area contributed by atoms with Gasteiger partial charge in [0, 0.05) is 13.1 Å². The van der Waals surface area contributed by atoms with Crippen LogP contribution in [0.4, 0.5) is 4.39 Å². The summed E-state index contributed by atoms with van der Waals surface area (Å²) in [5.74, 6) is 1.01. The Hall–Kier alpha value is -1.78. The lowest BCUT2D eigenvalue weighted by Crippen LogP contribution is -2.13. The van der Waals surface area contributed by atoms with Crippen molar-refractivity contribution in [2.75, 3.05) is 13.2 Å². The van der Waals surface area contributed by atoms with Gasteiger partial charge < -0.3 is 14.8 Å². The highest BCUT2D eigenvalue weighted by Crippen LogP contribution is 2.36. The summed E-state index contributed by atoms with van der Waals surface area (Å²) in [5, 5.41) is 3.85. The molecule has 0 spiro atoms. The van der Waals surface area contributed by atoms with Crippen molar-refractivity contribution in [2.45, 2.75) is 26.9 Å². The first-order valence-corrected chi connectivity index (χ1v) is 8.05. The second-order valence-corrected chi connectivity index (χ2v) is 5.41. The number of hydrogen-bond donors (Lipinski definition) is 1. The maximum Gasteiger partial charge on any atom is 0.179 e. The molecular weight excluding hydrogens is 317 g/mol. The van der Waals surface area contributed by atoms with Crippen LogP contribution in [-0.2, 0) is 13.1 Å². The lowest BCUT2D eigenvalue weighted by atomic mass is 10.1. The van der Waals surface area contributed by atoms with Crippen LogP contribution in [-0.4, -0.2) is 13.2 Å². The molecule has 0 unspecified atom stereocenters. The van der Waals surface area contributed by atoms with Gasteiger partial charge >= 0.3 is 0 Å². The molecule has 0 aliphatic heterocycles. The van der Waals surface area contributed by atoms with Gasteiger partial charge in [0.2, 0.25) is 0 Å². The van der Waals surface area contributed by atoms with E-state index < -0.39 is 0 Å². The summed E-state index contributed by atoms with van der Waals surface area (Å²) in [6.07, 6.45) is 0. The SMILES string of the molecule is CCOc1cc(CNCc2ccc(F)cc2)cc(Cl)c1OCC. The van der Waals surface area contributed by atoms with Gasteiger partial charge in [-0.1, -0.05) is 23.7 Å². The molecule has 1 N–H and O–H groups in total. The lowest BCUT2D eigenvalue weighted by Gasteiger charge is -2.14. The van der Waals surface area contributed by atoms with Gasteiger partial charge in [-0.3, -0.25) is 0 Å². The van der Waals surface area contributed by atoms with E-state index in [9.17, 15) is 4.39 Å². The minimum Gasteiger partial charge on any atom is -0.490 e. The maximum atomic E-state index is 12.9. The van der Waals surface area contributed by atoms with E-state index in [0.717, 1.165) is 11.1 Å². The van der Waals surface area contributed by atoms with E-state index in [1.54, 1.807) is 12.1 Å². The minimum absolute atomic E-state index is 0.228. The maximum absolute atomic E-state index is 12.9. The Balaban J connectivity index is 2.03. The molecule has 124 valence electrons. The van der Waals surface area contributed by atoms with Crippen LogP contribution >= 0.6 is 11.6 Å². The first kappa shape index (κ1) is 17.6. The van der Waals surface area contributed by atoms with Gasteiger partial charge in [0.05, 0.1) is 18.2 Å². The van der Waals surface area contributed by atoms with Crippen LogP contribution in [0.25, 0.3) is 0 Å². The number of rotatable bonds is 8. The van der Waals surface area contributed by atoms with Crippen LogP contribution in [0, 0.1) is 5.82 Å². The smallest absolute Gasteiger partial charge is 0.179 e. The van der Waals surface area contributed by atoms with Crippen LogP contribution < -0.4 is 14.8 Å². The third-order valence-corrected chi connectivity index (χ3v) is 3.51. The molecule has 0 atom stereocenters. The third-order valence-electron chi connectivity index (χ3n) is 3.23. The first-order chi connectivity index (χ1) is 11.1. The summed E-state index contributed by atoms with van der Waals surface area (Å²) in [6.45, 7) is 6.18. The lowest BCUT2D eigenvalue weighted by molar-refractivity contribution is 0.287. The van der Waals surface area contributed by atoms with Crippen molar-refractivity contribution in [1.29, 1.82) is 0 Å². The highest BCUT2D eigenvalue weighted by atomic mass is 35.5. The molecule has 2 aromatic rings. The average Bonchev–Trinajstić information content (AvgIpc) is 2.53. The fraction of sp³-hybridized carbons (Fsp3) is 0.333. The minimum atomic E-state index is -0.228. The topological polar surface area (TPSA) is 30.5 Å². The number of halogens is 2. The van der Waals surface area contributed by atoms with Crippen molar-refractivity contribution in [1.82, 2.24) is 5.32 Å². The molecule has 0 amide bonds. The summed E-state index contributed by atoms with van der Waals surface area (Å²) >= 11 is 6.29. The molecule has 0 fully saturated rings. The zero-order valence-corrected chi connectivity index (χ0v) is 14.1. The summed E-state index contributed by atoms with van der Waals surface area (Å²) < 4.78 is 24.0. The van der Waals surface area contributed by atoms with Crippen molar-refractivity contribution in [3.05, 3.63) is 58.4 Å². The molecule has 0 radical (unpaired) electrons. The van der Waals surface area contributed by atoms with Gasteiger partial charge in [-0.15, -0.1) is 0 Å². The van der Waals surface area contributed by atoms with E-state index in [1.807, 2.05) is 26.0 Å². The van der Waals surface area contributed by atoms with E-state index in [4.69, 9.17) is 21.1 Å². The predicted molar refractivity (Wildman–Crippen MR) is 90.7 cm³/mol. The van der Waals surface area contributed by atoms with Crippen LogP contribution in [0.1, 0.15) is 25.0 Å². The molecule has 0 saturated carbocycles.